The summed E-state index contributed by atoms with van der Waals surface area (Å²) < 4.78 is 6.78. The number of aromatic nitrogens is 2. The molecule has 0 radical (unpaired) electrons. The number of aryl methyl sites for hydroxylation is 2. The van der Waals surface area contributed by atoms with Gasteiger partial charge in [0.1, 0.15) is 0 Å². The van der Waals surface area contributed by atoms with E-state index in [0.29, 0.717) is 11.8 Å². The van der Waals surface area contributed by atoms with Gasteiger partial charge in [0.25, 0.3) is 0 Å². The van der Waals surface area contributed by atoms with Crippen molar-refractivity contribution < 1.29 is 4.42 Å². The number of rotatable bonds is 35. The summed E-state index contributed by atoms with van der Waals surface area (Å²) >= 11 is 0. The first kappa shape index (κ1) is 48.6. The lowest BCUT2D eigenvalue weighted by Crippen LogP contribution is -2.04. The van der Waals surface area contributed by atoms with E-state index in [1.54, 1.807) is 16.7 Å². The molecular formula is C58H86N2O. The van der Waals surface area contributed by atoms with E-state index < -0.39 is 0 Å². The van der Waals surface area contributed by atoms with Gasteiger partial charge in [-0.15, -0.1) is 10.2 Å². The van der Waals surface area contributed by atoms with Crippen molar-refractivity contribution in [1.82, 2.24) is 10.2 Å². The monoisotopic (exact) mass is 827 g/mol. The zero-order valence-corrected chi connectivity index (χ0v) is 39.5. The summed E-state index contributed by atoms with van der Waals surface area (Å²) in [5, 5.41) is 14.3. The fourth-order valence-corrected chi connectivity index (χ4v) is 9.77. The van der Waals surface area contributed by atoms with Crippen LogP contribution < -0.4 is 0 Å². The van der Waals surface area contributed by atoms with E-state index in [4.69, 9.17) is 14.6 Å². The largest absolute Gasteiger partial charge is 0.416 e. The first-order chi connectivity index (χ1) is 30.2. The Bertz CT molecular complexity index is 1800. The van der Waals surface area contributed by atoms with Gasteiger partial charge in [-0.3, -0.25) is 0 Å². The van der Waals surface area contributed by atoms with Gasteiger partial charge in [0, 0.05) is 5.56 Å². The Kier molecular flexibility index (Phi) is 23.7. The minimum Gasteiger partial charge on any atom is -0.416 e. The van der Waals surface area contributed by atoms with Crippen LogP contribution in [0.3, 0.4) is 0 Å². The van der Waals surface area contributed by atoms with Gasteiger partial charge >= 0.3 is 0 Å². The van der Waals surface area contributed by atoms with E-state index in [0.717, 1.165) is 34.7 Å². The van der Waals surface area contributed by atoms with E-state index in [1.807, 2.05) is 0 Å². The molecule has 5 rings (SSSR count). The average Bonchev–Trinajstić information content (AvgIpc) is 3.78. The first-order valence-corrected chi connectivity index (χ1v) is 26.1. The van der Waals surface area contributed by atoms with Crippen LogP contribution in [0.5, 0.6) is 0 Å². The molecule has 4 aromatic carbocycles. The summed E-state index contributed by atoms with van der Waals surface area (Å²) in [7, 11) is 0. The Hall–Kier alpha value is -3.46. The normalized spacial score (nSPS) is 11.7. The molecule has 0 atom stereocenters. The lowest BCUT2D eigenvalue weighted by atomic mass is 9.88. The molecule has 0 bridgehead atoms. The summed E-state index contributed by atoms with van der Waals surface area (Å²) in [6, 6.07) is 24.4. The van der Waals surface area contributed by atoms with E-state index in [9.17, 15) is 0 Å². The van der Waals surface area contributed by atoms with Crippen LogP contribution in [0.25, 0.3) is 44.5 Å². The third kappa shape index (κ3) is 17.0. The van der Waals surface area contributed by atoms with Gasteiger partial charge in [0.2, 0.25) is 11.8 Å². The maximum Gasteiger partial charge on any atom is 0.249 e. The topological polar surface area (TPSA) is 38.9 Å². The van der Waals surface area contributed by atoms with Crippen LogP contribution in [0.2, 0.25) is 0 Å². The molecule has 3 heteroatoms. The molecule has 0 aliphatic heterocycles. The lowest BCUT2D eigenvalue weighted by Gasteiger charge is -2.17. The number of benzene rings is 4. The molecular weight excluding hydrogens is 741 g/mol. The van der Waals surface area contributed by atoms with E-state index in [1.165, 1.54) is 210 Å². The summed E-state index contributed by atoms with van der Waals surface area (Å²) in [5.41, 5.74) is 6.89. The molecule has 0 aliphatic rings. The summed E-state index contributed by atoms with van der Waals surface area (Å²) in [6.45, 7) is 6.94. The predicted molar refractivity (Wildman–Crippen MR) is 267 cm³/mol. The molecule has 0 saturated heterocycles. The Morgan fingerprint density at radius 3 is 1.11 bits per heavy atom. The maximum absolute atomic E-state index is 6.78. The van der Waals surface area contributed by atoms with Crippen molar-refractivity contribution in [2.45, 2.75) is 233 Å². The van der Waals surface area contributed by atoms with Gasteiger partial charge in [-0.2, -0.15) is 0 Å². The second-order valence-corrected chi connectivity index (χ2v) is 18.7. The molecule has 61 heavy (non-hydrogen) atoms. The Labute approximate surface area is 373 Å². The van der Waals surface area contributed by atoms with Crippen molar-refractivity contribution in [3.63, 3.8) is 0 Å². The number of hydrogen-bond acceptors (Lipinski definition) is 3. The van der Waals surface area contributed by atoms with Crippen molar-refractivity contribution in [3.05, 3.63) is 83.4 Å². The van der Waals surface area contributed by atoms with Crippen molar-refractivity contribution >= 4 is 21.5 Å². The Balaban J connectivity index is 1.34. The van der Waals surface area contributed by atoms with Crippen molar-refractivity contribution in [1.29, 1.82) is 0 Å². The molecule has 5 aromatic rings. The SMILES string of the molecule is CCCCCCCCCCCCc1cc(-c2nnc(-c3c4ccccc4cc4ccccc34)o2)cc(CCCCCCCCCCCC)c1CCCCCCCCCCCC. The molecule has 0 N–H and O–H groups in total. The van der Waals surface area contributed by atoms with E-state index in [-0.39, 0.29) is 0 Å². The minimum atomic E-state index is 0.616. The fraction of sp³-hybridized carbons (Fsp3) is 0.621. The van der Waals surface area contributed by atoms with Gasteiger partial charge in [-0.05, 0) is 95.0 Å². The summed E-state index contributed by atoms with van der Waals surface area (Å²) in [6.07, 6.45) is 44.7. The molecule has 334 valence electrons. The van der Waals surface area contributed by atoms with Crippen LogP contribution in [-0.4, -0.2) is 10.2 Å². The second kappa shape index (κ2) is 29.8. The van der Waals surface area contributed by atoms with Crippen LogP contribution in [0.4, 0.5) is 0 Å². The number of unbranched alkanes of at least 4 members (excludes halogenated alkanes) is 27. The van der Waals surface area contributed by atoms with Gasteiger partial charge < -0.3 is 4.42 Å². The third-order valence-corrected chi connectivity index (χ3v) is 13.5. The molecule has 1 aromatic heterocycles. The molecule has 3 nitrogen and oxygen atoms in total. The number of fused-ring (bicyclic) bond motifs is 2. The quantitative estimate of drug-likeness (QED) is 0.0302. The van der Waals surface area contributed by atoms with Crippen molar-refractivity contribution in [2.24, 2.45) is 0 Å². The molecule has 0 aliphatic carbocycles. The number of nitrogens with zero attached hydrogens (tertiary/aromatic N) is 2. The van der Waals surface area contributed by atoms with Crippen LogP contribution in [0.15, 0.2) is 71.1 Å². The van der Waals surface area contributed by atoms with Crippen molar-refractivity contribution in [3.8, 4) is 22.9 Å². The highest BCUT2D eigenvalue weighted by molar-refractivity contribution is 6.11. The second-order valence-electron chi connectivity index (χ2n) is 18.7. The minimum absolute atomic E-state index is 0.616. The van der Waals surface area contributed by atoms with Crippen molar-refractivity contribution in [2.75, 3.05) is 0 Å². The molecule has 0 unspecified atom stereocenters. The molecule has 0 saturated carbocycles. The highest BCUT2D eigenvalue weighted by atomic mass is 16.4. The average molecular weight is 827 g/mol. The highest BCUT2D eigenvalue weighted by Gasteiger charge is 2.19. The number of hydrogen-bond donors (Lipinski definition) is 0. The van der Waals surface area contributed by atoms with E-state index >= 15 is 0 Å². The summed E-state index contributed by atoms with van der Waals surface area (Å²) in [4.78, 5) is 0. The van der Waals surface area contributed by atoms with Gasteiger partial charge in [0.15, 0.2) is 0 Å². The van der Waals surface area contributed by atoms with Crippen LogP contribution in [0.1, 0.15) is 230 Å². The predicted octanol–water partition coefficient (Wildman–Crippen LogP) is 19.1. The molecule has 1 heterocycles. The van der Waals surface area contributed by atoms with Gasteiger partial charge in [0.05, 0.1) is 5.56 Å². The third-order valence-electron chi connectivity index (χ3n) is 13.5. The first-order valence-electron chi connectivity index (χ1n) is 26.1. The molecule has 0 fully saturated rings. The van der Waals surface area contributed by atoms with Gasteiger partial charge in [-0.25, -0.2) is 0 Å². The Morgan fingerprint density at radius 2 is 0.705 bits per heavy atom. The van der Waals surface area contributed by atoms with E-state index in [2.05, 4.69) is 87.5 Å². The van der Waals surface area contributed by atoms with Gasteiger partial charge in [-0.1, -0.05) is 243 Å². The standard InChI is InChI=1S/C58H86N2O/c1-4-7-10-13-16-19-22-25-28-31-38-48-46-52(57-59-60-58(61-57)56-54-43-36-34-40-50(54)45-51-41-35-37-44-55(51)56)47-49(39-32-29-26-23-20-17-14-11-8-5-2)53(48)42-33-30-27-24-21-18-15-12-9-6-3/h34-37,40-41,43-47H,4-33,38-39,42H2,1-3H3. The zero-order chi connectivity index (χ0) is 42.6. The van der Waals surface area contributed by atoms with Crippen LogP contribution in [-0.2, 0) is 19.3 Å². The maximum atomic E-state index is 6.78. The summed E-state index contributed by atoms with van der Waals surface area (Å²) in [5.74, 6) is 1.27. The molecule has 0 spiro atoms. The smallest absolute Gasteiger partial charge is 0.249 e. The molecule has 0 amide bonds. The Morgan fingerprint density at radius 1 is 0.361 bits per heavy atom. The zero-order valence-electron chi connectivity index (χ0n) is 39.5. The van der Waals surface area contributed by atoms with Crippen LogP contribution in [0, 0.1) is 0 Å². The van der Waals surface area contributed by atoms with Crippen LogP contribution >= 0.6 is 0 Å². The highest BCUT2D eigenvalue weighted by Crippen LogP contribution is 2.38. The lowest BCUT2D eigenvalue weighted by molar-refractivity contribution is 0.551. The fourth-order valence-electron chi connectivity index (χ4n) is 9.77.